The molecule has 0 aliphatic rings. The Morgan fingerprint density at radius 1 is 1.17 bits per heavy atom. The average Bonchev–Trinajstić information content (AvgIpc) is 1.83. The van der Waals surface area contributed by atoms with E-state index in [4.69, 9.17) is 0 Å². The molecular weight excluding hydrogens is 148 g/mol. The largest absolute Gasteiger partial charge is 0.241 e. The predicted octanol–water partition coefficient (Wildman–Crippen LogP) is 2.39. The Balaban J connectivity index is 3.19. The number of rotatable bonds is 0. The van der Waals surface area contributed by atoms with Crippen molar-refractivity contribution >= 4 is 0 Å². The van der Waals surface area contributed by atoms with E-state index in [0.717, 1.165) is 11.5 Å². The molecule has 0 radical (unpaired) electrons. The van der Waals surface area contributed by atoms with Crippen LogP contribution < -0.4 is 0 Å². The fourth-order valence-corrected chi connectivity index (χ4v) is 1.32. The number of hydrogen-bond acceptors (Lipinski definition) is 2. The van der Waals surface area contributed by atoms with E-state index in [1.807, 2.05) is 20.0 Å². The van der Waals surface area contributed by atoms with Gasteiger partial charge in [0.05, 0.1) is 0 Å². The summed E-state index contributed by atoms with van der Waals surface area (Å²) in [5.41, 5.74) is 2.47. The van der Waals surface area contributed by atoms with Gasteiger partial charge in [-0.3, -0.25) is 0 Å². The molecule has 0 aliphatic heterocycles. The monoisotopic (exact) mass is 164 g/mol. The third-order valence-electron chi connectivity index (χ3n) is 1.91. The topological polar surface area (TPSA) is 25.8 Å². The highest BCUT2D eigenvalue weighted by Gasteiger charge is 2.17. The van der Waals surface area contributed by atoms with E-state index in [0.29, 0.717) is 0 Å². The number of hydrogen-bond donors (Lipinski definition) is 0. The van der Waals surface area contributed by atoms with E-state index in [1.54, 1.807) is 0 Å². The molecule has 1 aromatic heterocycles. The molecule has 0 saturated carbocycles. The lowest BCUT2D eigenvalue weighted by Gasteiger charge is -2.20. The first kappa shape index (κ1) is 9.17. The third kappa shape index (κ3) is 1.81. The molecule has 2 nitrogen and oxygen atoms in total. The molecule has 0 amide bonds. The first-order chi connectivity index (χ1) is 5.41. The maximum Gasteiger partial charge on any atom is 0.125 e. The highest BCUT2D eigenvalue weighted by Crippen LogP contribution is 2.23. The van der Waals surface area contributed by atoms with E-state index in [-0.39, 0.29) is 5.41 Å². The van der Waals surface area contributed by atoms with Crippen LogP contribution in [-0.2, 0) is 5.41 Å². The maximum absolute atomic E-state index is 4.33. The Morgan fingerprint density at radius 3 is 2.17 bits per heavy atom. The summed E-state index contributed by atoms with van der Waals surface area (Å²) >= 11 is 0. The van der Waals surface area contributed by atoms with Crippen LogP contribution in [0.15, 0.2) is 6.20 Å². The smallest absolute Gasteiger partial charge is 0.125 e. The molecule has 1 rings (SSSR count). The van der Waals surface area contributed by atoms with Gasteiger partial charge in [-0.05, 0) is 24.8 Å². The molecule has 12 heavy (non-hydrogen) atoms. The SMILES string of the molecule is Cc1ncc(C(C)(C)C)c(C)n1. The molecule has 66 valence electrons. The van der Waals surface area contributed by atoms with Gasteiger partial charge >= 0.3 is 0 Å². The molecule has 0 aromatic carbocycles. The lowest BCUT2D eigenvalue weighted by Crippen LogP contribution is -2.15. The van der Waals surface area contributed by atoms with Gasteiger partial charge < -0.3 is 0 Å². The van der Waals surface area contributed by atoms with E-state index < -0.39 is 0 Å². The second-order valence-electron chi connectivity index (χ2n) is 4.17. The van der Waals surface area contributed by atoms with E-state index in [9.17, 15) is 0 Å². The Bertz CT molecular complexity index is 284. The average molecular weight is 164 g/mol. The maximum atomic E-state index is 4.33. The predicted molar refractivity (Wildman–Crippen MR) is 50.2 cm³/mol. The van der Waals surface area contributed by atoms with Gasteiger partial charge in [0.15, 0.2) is 0 Å². The van der Waals surface area contributed by atoms with Crippen molar-refractivity contribution in [3.63, 3.8) is 0 Å². The Kier molecular flexibility index (Phi) is 2.18. The summed E-state index contributed by atoms with van der Waals surface area (Å²) in [5, 5.41) is 0. The highest BCUT2D eigenvalue weighted by molar-refractivity contribution is 5.23. The summed E-state index contributed by atoms with van der Waals surface area (Å²) in [6, 6.07) is 0. The summed E-state index contributed by atoms with van der Waals surface area (Å²) < 4.78 is 0. The minimum absolute atomic E-state index is 0.151. The van der Waals surface area contributed by atoms with E-state index in [2.05, 4.69) is 30.7 Å². The molecule has 1 heterocycles. The molecular formula is C10H16N2. The van der Waals surface area contributed by atoms with Crippen LogP contribution in [0, 0.1) is 13.8 Å². The molecule has 2 heteroatoms. The van der Waals surface area contributed by atoms with Crippen molar-refractivity contribution in [1.29, 1.82) is 0 Å². The standard InChI is InChI=1S/C10H16N2/c1-7-9(10(3,4)5)6-11-8(2)12-7/h6H,1-5H3. The van der Waals surface area contributed by atoms with Gasteiger partial charge in [-0.1, -0.05) is 20.8 Å². The zero-order valence-corrected chi connectivity index (χ0v) is 8.47. The quantitative estimate of drug-likeness (QED) is 0.588. The Labute approximate surface area is 74.1 Å². The van der Waals surface area contributed by atoms with Crippen molar-refractivity contribution in [3.8, 4) is 0 Å². The van der Waals surface area contributed by atoms with Crippen molar-refractivity contribution in [2.45, 2.75) is 40.0 Å². The van der Waals surface area contributed by atoms with Crippen LogP contribution in [-0.4, -0.2) is 9.97 Å². The molecule has 0 bridgehead atoms. The number of aryl methyl sites for hydroxylation is 2. The fraction of sp³-hybridized carbons (Fsp3) is 0.600. The van der Waals surface area contributed by atoms with Crippen molar-refractivity contribution in [2.24, 2.45) is 0 Å². The Morgan fingerprint density at radius 2 is 1.75 bits per heavy atom. The third-order valence-corrected chi connectivity index (χ3v) is 1.91. The molecule has 0 fully saturated rings. The zero-order chi connectivity index (χ0) is 9.35. The highest BCUT2D eigenvalue weighted by atomic mass is 14.9. The van der Waals surface area contributed by atoms with Crippen LogP contribution in [0.2, 0.25) is 0 Å². The van der Waals surface area contributed by atoms with Crippen molar-refractivity contribution in [3.05, 3.63) is 23.3 Å². The molecule has 1 aromatic rings. The molecule has 0 atom stereocenters. The van der Waals surface area contributed by atoms with Crippen molar-refractivity contribution < 1.29 is 0 Å². The van der Waals surface area contributed by atoms with Crippen LogP contribution in [0.25, 0.3) is 0 Å². The van der Waals surface area contributed by atoms with Crippen LogP contribution in [0.5, 0.6) is 0 Å². The van der Waals surface area contributed by atoms with Gasteiger partial charge in [-0.15, -0.1) is 0 Å². The van der Waals surface area contributed by atoms with Gasteiger partial charge in [0.25, 0.3) is 0 Å². The molecule has 0 saturated heterocycles. The molecule has 0 aliphatic carbocycles. The van der Waals surface area contributed by atoms with E-state index in [1.165, 1.54) is 5.56 Å². The van der Waals surface area contributed by atoms with Crippen LogP contribution >= 0.6 is 0 Å². The minimum Gasteiger partial charge on any atom is -0.241 e. The number of nitrogens with zero attached hydrogens (tertiary/aromatic N) is 2. The van der Waals surface area contributed by atoms with Gasteiger partial charge in [-0.25, -0.2) is 9.97 Å². The summed E-state index contributed by atoms with van der Waals surface area (Å²) in [4.78, 5) is 8.52. The summed E-state index contributed by atoms with van der Waals surface area (Å²) in [6.45, 7) is 10.5. The van der Waals surface area contributed by atoms with Gasteiger partial charge in [0.2, 0.25) is 0 Å². The van der Waals surface area contributed by atoms with Crippen LogP contribution in [0.1, 0.15) is 37.9 Å². The minimum atomic E-state index is 0.151. The Hall–Kier alpha value is -0.920. The summed E-state index contributed by atoms with van der Waals surface area (Å²) in [7, 11) is 0. The van der Waals surface area contributed by atoms with Crippen LogP contribution in [0.3, 0.4) is 0 Å². The molecule has 0 unspecified atom stereocenters. The molecule has 0 spiro atoms. The van der Waals surface area contributed by atoms with Gasteiger partial charge in [0.1, 0.15) is 5.82 Å². The van der Waals surface area contributed by atoms with Crippen molar-refractivity contribution in [2.75, 3.05) is 0 Å². The van der Waals surface area contributed by atoms with Crippen molar-refractivity contribution in [1.82, 2.24) is 9.97 Å². The zero-order valence-electron chi connectivity index (χ0n) is 8.47. The second-order valence-corrected chi connectivity index (χ2v) is 4.17. The van der Waals surface area contributed by atoms with Gasteiger partial charge in [-0.2, -0.15) is 0 Å². The normalized spacial score (nSPS) is 11.8. The fourth-order valence-electron chi connectivity index (χ4n) is 1.32. The summed E-state index contributed by atoms with van der Waals surface area (Å²) in [5.74, 6) is 0.848. The second kappa shape index (κ2) is 2.85. The first-order valence-electron chi connectivity index (χ1n) is 4.22. The number of aromatic nitrogens is 2. The first-order valence-corrected chi connectivity index (χ1v) is 4.22. The van der Waals surface area contributed by atoms with E-state index >= 15 is 0 Å². The summed E-state index contributed by atoms with van der Waals surface area (Å²) in [6.07, 6.45) is 1.93. The lowest BCUT2D eigenvalue weighted by molar-refractivity contribution is 0.577. The van der Waals surface area contributed by atoms with Gasteiger partial charge in [0, 0.05) is 11.9 Å². The lowest BCUT2D eigenvalue weighted by atomic mass is 9.87. The molecule has 0 N–H and O–H groups in total. The van der Waals surface area contributed by atoms with Crippen LogP contribution in [0.4, 0.5) is 0 Å².